The Kier molecular flexibility index (Phi) is 4.17. The van der Waals surface area contributed by atoms with Crippen molar-refractivity contribution in [3.05, 3.63) is 18.2 Å². The van der Waals surface area contributed by atoms with Crippen molar-refractivity contribution in [2.24, 2.45) is 5.73 Å². The molecule has 0 unspecified atom stereocenters. The summed E-state index contributed by atoms with van der Waals surface area (Å²) in [5, 5.41) is 9.28. The Labute approximate surface area is 113 Å². The number of piperidine rings is 1. The van der Waals surface area contributed by atoms with Gasteiger partial charge in [0.05, 0.1) is 20.8 Å². The second-order valence-electron chi connectivity index (χ2n) is 5.05. The molecule has 106 valence electrons. The molecule has 0 bridgehead atoms. The van der Waals surface area contributed by atoms with Crippen molar-refractivity contribution in [2.75, 3.05) is 38.8 Å². The molecule has 0 amide bonds. The predicted molar refractivity (Wildman–Crippen MR) is 75.0 cm³/mol. The summed E-state index contributed by atoms with van der Waals surface area (Å²) in [4.78, 5) is 2.25. The van der Waals surface area contributed by atoms with Gasteiger partial charge in [0.2, 0.25) is 0 Å². The van der Waals surface area contributed by atoms with Gasteiger partial charge in [-0.3, -0.25) is 0 Å². The molecule has 0 radical (unpaired) electrons. The van der Waals surface area contributed by atoms with Gasteiger partial charge in [-0.1, -0.05) is 0 Å². The third-order valence-electron chi connectivity index (χ3n) is 3.81. The lowest BCUT2D eigenvalue weighted by Gasteiger charge is -2.39. The molecule has 1 aliphatic rings. The molecule has 0 atom stereocenters. The number of hydrogen-bond acceptors (Lipinski definition) is 5. The summed E-state index contributed by atoms with van der Waals surface area (Å²) < 4.78 is 10.5. The Hall–Kier alpha value is -1.46. The molecule has 19 heavy (non-hydrogen) atoms. The Bertz CT molecular complexity index is 429. The van der Waals surface area contributed by atoms with Crippen LogP contribution in [0.5, 0.6) is 11.5 Å². The summed E-state index contributed by atoms with van der Waals surface area (Å²) in [6, 6.07) is 5.90. The molecule has 0 aromatic heterocycles. The number of aliphatic hydroxyl groups excluding tert-OH is 1. The fourth-order valence-electron chi connectivity index (χ4n) is 2.39. The van der Waals surface area contributed by atoms with Crippen molar-refractivity contribution in [3.63, 3.8) is 0 Å². The number of aliphatic hydroxyl groups is 1. The number of ether oxygens (including phenoxy) is 2. The quantitative estimate of drug-likeness (QED) is 0.851. The van der Waals surface area contributed by atoms with Crippen LogP contribution in [-0.2, 0) is 0 Å². The first kappa shape index (κ1) is 14.0. The topological polar surface area (TPSA) is 68.0 Å². The first-order chi connectivity index (χ1) is 9.11. The molecule has 5 nitrogen and oxygen atoms in total. The van der Waals surface area contributed by atoms with Crippen LogP contribution >= 0.6 is 0 Å². The molecule has 5 heteroatoms. The van der Waals surface area contributed by atoms with Gasteiger partial charge in [0, 0.05) is 30.4 Å². The van der Waals surface area contributed by atoms with Crippen LogP contribution in [0.3, 0.4) is 0 Å². The van der Waals surface area contributed by atoms with Crippen molar-refractivity contribution >= 4 is 5.69 Å². The third-order valence-corrected chi connectivity index (χ3v) is 3.81. The maximum absolute atomic E-state index is 9.28. The van der Waals surface area contributed by atoms with Gasteiger partial charge >= 0.3 is 0 Å². The minimum absolute atomic E-state index is 0.0484. The lowest BCUT2D eigenvalue weighted by Crippen LogP contribution is -2.52. The van der Waals surface area contributed by atoms with E-state index >= 15 is 0 Å². The Morgan fingerprint density at radius 3 is 2.37 bits per heavy atom. The van der Waals surface area contributed by atoms with Gasteiger partial charge in [0.1, 0.15) is 0 Å². The van der Waals surface area contributed by atoms with Crippen LogP contribution in [0.25, 0.3) is 0 Å². The Balaban J connectivity index is 2.11. The van der Waals surface area contributed by atoms with E-state index < -0.39 is 5.54 Å². The van der Waals surface area contributed by atoms with Crippen molar-refractivity contribution in [1.29, 1.82) is 0 Å². The molecule has 3 N–H and O–H groups in total. The first-order valence-electron chi connectivity index (χ1n) is 6.48. The van der Waals surface area contributed by atoms with E-state index in [1.807, 2.05) is 18.2 Å². The molecule has 1 aliphatic heterocycles. The Morgan fingerprint density at radius 2 is 1.84 bits per heavy atom. The van der Waals surface area contributed by atoms with Gasteiger partial charge in [-0.15, -0.1) is 0 Å². The van der Waals surface area contributed by atoms with Crippen molar-refractivity contribution in [1.82, 2.24) is 0 Å². The molecule has 1 saturated heterocycles. The summed E-state index contributed by atoms with van der Waals surface area (Å²) in [5.41, 5.74) is 6.75. The van der Waals surface area contributed by atoms with E-state index in [4.69, 9.17) is 15.2 Å². The lowest BCUT2D eigenvalue weighted by atomic mass is 9.89. The monoisotopic (exact) mass is 266 g/mol. The molecular formula is C14H22N2O3. The molecule has 0 saturated carbocycles. The maximum atomic E-state index is 9.28. The maximum Gasteiger partial charge on any atom is 0.162 e. The number of methoxy groups -OCH3 is 2. The van der Waals surface area contributed by atoms with Gasteiger partial charge in [-0.25, -0.2) is 0 Å². The van der Waals surface area contributed by atoms with E-state index in [1.165, 1.54) is 0 Å². The van der Waals surface area contributed by atoms with Gasteiger partial charge in [0.25, 0.3) is 0 Å². The summed E-state index contributed by atoms with van der Waals surface area (Å²) >= 11 is 0. The molecular weight excluding hydrogens is 244 g/mol. The first-order valence-corrected chi connectivity index (χ1v) is 6.48. The standard InChI is InChI=1S/C14H22N2O3/c1-18-12-4-3-11(9-13(12)19-2)16-7-5-14(15,10-17)6-8-16/h3-4,9,17H,5-8,10,15H2,1-2H3. The summed E-state index contributed by atoms with van der Waals surface area (Å²) in [6.45, 7) is 1.73. The average Bonchev–Trinajstić information content (AvgIpc) is 2.47. The van der Waals surface area contributed by atoms with E-state index in [0.717, 1.165) is 43.1 Å². The van der Waals surface area contributed by atoms with E-state index in [0.29, 0.717) is 0 Å². The molecule has 2 rings (SSSR count). The smallest absolute Gasteiger partial charge is 0.162 e. The highest BCUT2D eigenvalue weighted by Gasteiger charge is 2.30. The third kappa shape index (κ3) is 2.93. The van der Waals surface area contributed by atoms with Gasteiger partial charge in [-0.2, -0.15) is 0 Å². The predicted octanol–water partition coefficient (Wildman–Crippen LogP) is 0.994. The molecule has 1 aromatic carbocycles. The van der Waals surface area contributed by atoms with Gasteiger partial charge in [-0.05, 0) is 25.0 Å². The largest absolute Gasteiger partial charge is 0.493 e. The van der Waals surface area contributed by atoms with Crippen LogP contribution in [0.1, 0.15) is 12.8 Å². The van der Waals surface area contributed by atoms with Gasteiger partial charge < -0.3 is 25.2 Å². The second-order valence-corrected chi connectivity index (χ2v) is 5.05. The fourth-order valence-corrected chi connectivity index (χ4v) is 2.39. The zero-order valence-corrected chi connectivity index (χ0v) is 11.6. The highest BCUT2D eigenvalue weighted by molar-refractivity contribution is 5.56. The van der Waals surface area contributed by atoms with Crippen LogP contribution in [0.15, 0.2) is 18.2 Å². The molecule has 1 heterocycles. The highest BCUT2D eigenvalue weighted by atomic mass is 16.5. The zero-order valence-electron chi connectivity index (χ0n) is 11.6. The molecule has 0 spiro atoms. The average molecular weight is 266 g/mol. The zero-order chi connectivity index (χ0) is 13.9. The van der Waals surface area contributed by atoms with E-state index in [-0.39, 0.29) is 6.61 Å². The number of anilines is 1. The van der Waals surface area contributed by atoms with Crippen molar-refractivity contribution in [3.8, 4) is 11.5 Å². The number of benzene rings is 1. The van der Waals surface area contributed by atoms with E-state index in [9.17, 15) is 5.11 Å². The minimum atomic E-state index is -0.424. The number of nitrogens with two attached hydrogens (primary N) is 1. The fraction of sp³-hybridized carbons (Fsp3) is 0.571. The van der Waals surface area contributed by atoms with E-state index in [1.54, 1.807) is 14.2 Å². The highest BCUT2D eigenvalue weighted by Crippen LogP contribution is 2.33. The summed E-state index contributed by atoms with van der Waals surface area (Å²) in [6.07, 6.45) is 1.58. The van der Waals surface area contributed by atoms with Crippen LogP contribution in [0.4, 0.5) is 5.69 Å². The molecule has 0 aliphatic carbocycles. The number of nitrogens with zero attached hydrogens (tertiary/aromatic N) is 1. The minimum Gasteiger partial charge on any atom is -0.493 e. The normalized spacial score (nSPS) is 18.2. The van der Waals surface area contributed by atoms with Gasteiger partial charge in [0.15, 0.2) is 11.5 Å². The summed E-state index contributed by atoms with van der Waals surface area (Å²) in [5.74, 6) is 1.46. The van der Waals surface area contributed by atoms with Crippen LogP contribution in [0, 0.1) is 0 Å². The SMILES string of the molecule is COc1ccc(N2CCC(N)(CO)CC2)cc1OC. The van der Waals surface area contributed by atoms with Crippen LogP contribution < -0.4 is 20.1 Å². The van der Waals surface area contributed by atoms with Crippen molar-refractivity contribution in [2.45, 2.75) is 18.4 Å². The number of hydrogen-bond donors (Lipinski definition) is 2. The van der Waals surface area contributed by atoms with Crippen molar-refractivity contribution < 1.29 is 14.6 Å². The van der Waals surface area contributed by atoms with Crippen LogP contribution in [-0.4, -0.2) is 44.6 Å². The second kappa shape index (κ2) is 5.67. The van der Waals surface area contributed by atoms with Crippen LogP contribution in [0.2, 0.25) is 0 Å². The Morgan fingerprint density at radius 1 is 1.21 bits per heavy atom. The number of rotatable bonds is 4. The molecule has 1 fully saturated rings. The lowest BCUT2D eigenvalue weighted by molar-refractivity contribution is 0.170. The van der Waals surface area contributed by atoms with E-state index in [2.05, 4.69) is 4.90 Å². The summed E-state index contributed by atoms with van der Waals surface area (Å²) in [7, 11) is 3.26. The molecule has 1 aromatic rings.